The maximum absolute atomic E-state index is 4.26. The Labute approximate surface area is 148 Å². The highest BCUT2D eigenvalue weighted by atomic mass is 32.2. The summed E-state index contributed by atoms with van der Waals surface area (Å²) in [5, 5.41) is 12.8. The van der Waals surface area contributed by atoms with Crippen molar-refractivity contribution in [3.63, 3.8) is 0 Å². The van der Waals surface area contributed by atoms with Crippen LogP contribution >= 0.6 is 23.1 Å². The van der Waals surface area contributed by atoms with Crippen LogP contribution in [0, 0.1) is 6.92 Å². The van der Waals surface area contributed by atoms with Gasteiger partial charge in [-0.2, -0.15) is 0 Å². The van der Waals surface area contributed by atoms with Gasteiger partial charge in [0.1, 0.15) is 0 Å². The van der Waals surface area contributed by atoms with Gasteiger partial charge in [0, 0.05) is 12.3 Å². The van der Waals surface area contributed by atoms with Crippen molar-refractivity contribution in [3.8, 4) is 0 Å². The molecule has 0 amide bonds. The molecule has 3 nitrogen and oxygen atoms in total. The number of unbranched alkanes of at least 4 members (excludes halogenated alkanes) is 5. The Morgan fingerprint density at radius 1 is 1.09 bits per heavy atom. The number of hydrogen-bond donors (Lipinski definition) is 1. The predicted molar refractivity (Wildman–Crippen MR) is 103 cm³/mol. The smallest absolute Gasteiger partial charge is 0.206 e. The third-order valence-corrected chi connectivity index (χ3v) is 5.74. The number of benzene rings is 1. The molecule has 1 N–H and O–H groups in total. The minimum absolute atomic E-state index is 0.949. The van der Waals surface area contributed by atoms with Gasteiger partial charge in [0.2, 0.25) is 5.13 Å². The molecule has 0 spiro atoms. The summed E-state index contributed by atoms with van der Waals surface area (Å²) in [6, 6.07) is 8.63. The van der Waals surface area contributed by atoms with E-state index in [4.69, 9.17) is 0 Å². The first kappa shape index (κ1) is 18.3. The summed E-state index contributed by atoms with van der Waals surface area (Å²) in [5.74, 6) is 0.952. The second kappa shape index (κ2) is 10.7. The lowest BCUT2D eigenvalue weighted by atomic mass is 10.1. The highest BCUT2D eigenvalue weighted by molar-refractivity contribution is 8.00. The van der Waals surface area contributed by atoms with Crippen LogP contribution in [-0.4, -0.2) is 16.7 Å². The van der Waals surface area contributed by atoms with E-state index in [9.17, 15) is 0 Å². The third kappa shape index (κ3) is 7.36. The molecule has 0 aliphatic heterocycles. The third-order valence-electron chi connectivity index (χ3n) is 3.66. The van der Waals surface area contributed by atoms with E-state index in [0.717, 1.165) is 21.8 Å². The zero-order valence-corrected chi connectivity index (χ0v) is 15.8. The van der Waals surface area contributed by atoms with Crippen LogP contribution in [0.3, 0.4) is 0 Å². The second-order valence-corrected chi connectivity index (χ2v) is 8.05. The second-order valence-electron chi connectivity index (χ2n) is 5.85. The van der Waals surface area contributed by atoms with E-state index in [2.05, 4.69) is 53.6 Å². The molecule has 0 atom stereocenters. The minimum atomic E-state index is 0.949. The fraction of sp³-hybridized carbons (Fsp3) is 0.556. The maximum Gasteiger partial charge on any atom is 0.206 e. The van der Waals surface area contributed by atoms with Gasteiger partial charge in [-0.05, 0) is 18.9 Å². The van der Waals surface area contributed by atoms with Gasteiger partial charge in [0.15, 0.2) is 4.34 Å². The van der Waals surface area contributed by atoms with Crippen LogP contribution in [0.1, 0.15) is 56.6 Å². The Morgan fingerprint density at radius 3 is 2.74 bits per heavy atom. The van der Waals surface area contributed by atoms with Crippen LogP contribution in [-0.2, 0) is 5.75 Å². The zero-order valence-electron chi connectivity index (χ0n) is 14.2. The minimum Gasteiger partial charge on any atom is -0.360 e. The number of hydrogen-bond acceptors (Lipinski definition) is 5. The number of rotatable bonds is 11. The van der Waals surface area contributed by atoms with E-state index in [-0.39, 0.29) is 0 Å². The summed E-state index contributed by atoms with van der Waals surface area (Å²) < 4.78 is 1.04. The molecule has 0 saturated carbocycles. The fourth-order valence-electron chi connectivity index (χ4n) is 2.39. The van der Waals surface area contributed by atoms with Gasteiger partial charge in [-0.1, -0.05) is 92.0 Å². The molecule has 0 aliphatic carbocycles. The van der Waals surface area contributed by atoms with Crippen molar-refractivity contribution in [3.05, 3.63) is 35.4 Å². The summed E-state index contributed by atoms with van der Waals surface area (Å²) in [4.78, 5) is 0. The van der Waals surface area contributed by atoms with Crippen molar-refractivity contribution in [2.75, 3.05) is 11.9 Å². The van der Waals surface area contributed by atoms with Crippen LogP contribution in [0.15, 0.2) is 28.6 Å². The van der Waals surface area contributed by atoms with Crippen LogP contribution in [0.5, 0.6) is 0 Å². The molecule has 23 heavy (non-hydrogen) atoms. The molecule has 1 aromatic heterocycles. The molecule has 0 saturated heterocycles. The van der Waals surface area contributed by atoms with Crippen molar-refractivity contribution in [2.45, 2.75) is 62.5 Å². The highest BCUT2D eigenvalue weighted by Gasteiger charge is 2.05. The van der Waals surface area contributed by atoms with Gasteiger partial charge in [0.05, 0.1) is 0 Å². The van der Waals surface area contributed by atoms with Crippen molar-refractivity contribution >= 4 is 28.2 Å². The van der Waals surface area contributed by atoms with Crippen LogP contribution in [0.4, 0.5) is 5.13 Å². The molecule has 5 heteroatoms. The molecule has 1 aromatic carbocycles. The normalized spacial score (nSPS) is 10.9. The van der Waals surface area contributed by atoms with Crippen molar-refractivity contribution in [1.82, 2.24) is 10.2 Å². The molecule has 2 aromatic rings. The van der Waals surface area contributed by atoms with Gasteiger partial charge < -0.3 is 5.32 Å². The van der Waals surface area contributed by atoms with Gasteiger partial charge >= 0.3 is 0 Å². The summed E-state index contributed by atoms with van der Waals surface area (Å²) >= 11 is 3.42. The first-order valence-corrected chi connectivity index (χ1v) is 10.3. The molecule has 126 valence electrons. The predicted octanol–water partition coefficient (Wildman–Crippen LogP) is 5.91. The Hall–Kier alpha value is -1.07. The van der Waals surface area contributed by atoms with Crippen molar-refractivity contribution in [1.29, 1.82) is 0 Å². The lowest BCUT2D eigenvalue weighted by molar-refractivity contribution is 0.617. The Balaban J connectivity index is 1.63. The molecule has 2 rings (SSSR count). The summed E-state index contributed by atoms with van der Waals surface area (Å²) in [6.45, 7) is 5.39. The summed E-state index contributed by atoms with van der Waals surface area (Å²) in [6.07, 6.45) is 7.92. The van der Waals surface area contributed by atoms with Crippen molar-refractivity contribution < 1.29 is 0 Å². The van der Waals surface area contributed by atoms with Crippen LogP contribution < -0.4 is 5.32 Å². The number of thioether (sulfide) groups is 1. The molecule has 0 radical (unpaired) electrons. The molecule has 0 unspecified atom stereocenters. The van der Waals surface area contributed by atoms with Gasteiger partial charge in [0.25, 0.3) is 0 Å². The number of aromatic nitrogens is 2. The van der Waals surface area contributed by atoms with E-state index in [1.807, 2.05) is 0 Å². The van der Waals surface area contributed by atoms with Gasteiger partial charge in [-0.3, -0.25) is 0 Å². The summed E-state index contributed by atoms with van der Waals surface area (Å²) in [5.41, 5.74) is 2.65. The molecule has 0 fully saturated rings. The quantitative estimate of drug-likeness (QED) is 0.404. The standard InChI is InChI=1S/C18H27N3S2/c1-3-4-5-6-7-8-12-19-17-20-21-18(23-17)22-14-16-11-9-10-15(2)13-16/h9-11,13H,3-8,12,14H2,1-2H3,(H,19,20). The van der Waals surface area contributed by atoms with Crippen LogP contribution in [0.25, 0.3) is 0 Å². The first-order valence-electron chi connectivity index (χ1n) is 8.53. The molecule has 0 aliphatic rings. The molecule has 1 heterocycles. The molecular weight excluding hydrogens is 322 g/mol. The number of anilines is 1. The average molecular weight is 350 g/mol. The number of nitrogens with zero attached hydrogens (tertiary/aromatic N) is 2. The zero-order chi connectivity index (χ0) is 16.3. The molecular formula is C18H27N3S2. The van der Waals surface area contributed by atoms with E-state index >= 15 is 0 Å². The van der Waals surface area contributed by atoms with Crippen molar-refractivity contribution in [2.24, 2.45) is 0 Å². The largest absolute Gasteiger partial charge is 0.360 e. The van der Waals surface area contributed by atoms with E-state index in [0.29, 0.717) is 0 Å². The Bertz CT molecular complexity index is 569. The SMILES string of the molecule is CCCCCCCCNc1nnc(SCc2cccc(C)c2)s1. The van der Waals surface area contributed by atoms with E-state index in [1.54, 1.807) is 23.1 Å². The Kier molecular flexibility index (Phi) is 8.47. The lowest BCUT2D eigenvalue weighted by Gasteiger charge is -2.02. The van der Waals surface area contributed by atoms with Gasteiger partial charge in [-0.15, -0.1) is 10.2 Å². The van der Waals surface area contributed by atoms with Crippen LogP contribution in [0.2, 0.25) is 0 Å². The Morgan fingerprint density at radius 2 is 1.91 bits per heavy atom. The summed E-state index contributed by atoms with van der Waals surface area (Å²) in [7, 11) is 0. The van der Waals surface area contributed by atoms with E-state index in [1.165, 1.54) is 49.7 Å². The monoisotopic (exact) mass is 349 g/mol. The van der Waals surface area contributed by atoms with Gasteiger partial charge in [-0.25, -0.2) is 0 Å². The maximum atomic E-state index is 4.26. The first-order chi connectivity index (χ1) is 11.3. The average Bonchev–Trinajstić information content (AvgIpc) is 3.00. The number of aryl methyl sites for hydroxylation is 1. The lowest BCUT2D eigenvalue weighted by Crippen LogP contribution is -2.00. The fourth-order valence-corrected chi connectivity index (χ4v) is 4.11. The van der Waals surface area contributed by atoms with E-state index < -0.39 is 0 Å². The molecule has 0 bridgehead atoms. The number of nitrogens with one attached hydrogen (secondary N) is 1. The highest BCUT2D eigenvalue weighted by Crippen LogP contribution is 2.28. The topological polar surface area (TPSA) is 37.8 Å².